The lowest BCUT2D eigenvalue weighted by molar-refractivity contribution is -0.137. The number of rotatable bonds is 2. The number of benzene rings is 2. The molecule has 126 valence electrons. The Morgan fingerprint density at radius 1 is 1.00 bits per heavy atom. The van der Waals surface area contributed by atoms with Crippen LogP contribution in [0.25, 0.3) is 0 Å². The summed E-state index contributed by atoms with van der Waals surface area (Å²) in [6.45, 7) is 0. The van der Waals surface area contributed by atoms with Crippen LogP contribution in [-0.2, 0) is 6.18 Å². The van der Waals surface area contributed by atoms with Crippen LogP contribution < -0.4 is 10.6 Å². The van der Waals surface area contributed by atoms with E-state index in [0.717, 1.165) is 12.1 Å². The van der Waals surface area contributed by atoms with E-state index in [1.165, 1.54) is 30.3 Å². The van der Waals surface area contributed by atoms with Crippen LogP contribution in [0.3, 0.4) is 0 Å². The molecule has 0 unspecified atom stereocenters. The van der Waals surface area contributed by atoms with E-state index in [4.69, 9.17) is 35.4 Å². The predicted molar refractivity (Wildman–Crippen MR) is 91.6 cm³/mol. The van der Waals surface area contributed by atoms with E-state index in [1.54, 1.807) is 0 Å². The average molecular weight is 393 g/mol. The molecule has 2 aromatic carbocycles. The van der Waals surface area contributed by atoms with Crippen LogP contribution in [0.15, 0.2) is 42.5 Å². The van der Waals surface area contributed by atoms with Crippen molar-refractivity contribution in [2.45, 2.75) is 6.18 Å². The van der Waals surface area contributed by atoms with Crippen molar-refractivity contribution in [3.05, 3.63) is 63.6 Å². The quantitative estimate of drug-likeness (QED) is 0.695. The van der Waals surface area contributed by atoms with Crippen molar-refractivity contribution < 1.29 is 18.0 Å². The number of anilines is 1. The van der Waals surface area contributed by atoms with Crippen molar-refractivity contribution in [2.24, 2.45) is 0 Å². The first kappa shape index (κ1) is 18.5. The molecule has 0 spiro atoms. The molecule has 0 bridgehead atoms. The summed E-state index contributed by atoms with van der Waals surface area (Å²) in [5.74, 6) is -0.530. The van der Waals surface area contributed by atoms with Crippen LogP contribution in [0.1, 0.15) is 15.9 Å². The van der Waals surface area contributed by atoms with Gasteiger partial charge in [0, 0.05) is 11.3 Å². The van der Waals surface area contributed by atoms with E-state index in [9.17, 15) is 18.0 Å². The number of thiocarbonyl (C=S) groups is 1. The Bertz CT molecular complexity index is 779. The summed E-state index contributed by atoms with van der Waals surface area (Å²) in [6, 6.07) is 8.54. The topological polar surface area (TPSA) is 41.1 Å². The minimum Gasteiger partial charge on any atom is -0.332 e. The van der Waals surface area contributed by atoms with Gasteiger partial charge in [-0.2, -0.15) is 13.2 Å². The first-order chi connectivity index (χ1) is 11.2. The molecule has 3 nitrogen and oxygen atoms in total. The lowest BCUT2D eigenvalue weighted by Crippen LogP contribution is -2.34. The van der Waals surface area contributed by atoms with Crippen LogP contribution in [-0.4, -0.2) is 11.0 Å². The van der Waals surface area contributed by atoms with E-state index in [2.05, 4.69) is 10.6 Å². The highest BCUT2D eigenvalue weighted by atomic mass is 35.5. The minimum atomic E-state index is -4.42. The van der Waals surface area contributed by atoms with Crippen molar-refractivity contribution >= 4 is 52.1 Å². The lowest BCUT2D eigenvalue weighted by atomic mass is 10.2. The molecule has 24 heavy (non-hydrogen) atoms. The van der Waals surface area contributed by atoms with E-state index in [1.807, 2.05) is 0 Å². The molecule has 0 atom stereocenters. The Balaban J connectivity index is 2.00. The van der Waals surface area contributed by atoms with E-state index in [0.29, 0.717) is 10.7 Å². The van der Waals surface area contributed by atoms with E-state index < -0.39 is 17.6 Å². The lowest BCUT2D eigenvalue weighted by Gasteiger charge is -2.11. The molecule has 0 aliphatic heterocycles. The van der Waals surface area contributed by atoms with Gasteiger partial charge in [-0.25, -0.2) is 0 Å². The Morgan fingerprint density at radius 2 is 1.62 bits per heavy atom. The summed E-state index contributed by atoms with van der Waals surface area (Å²) < 4.78 is 37.4. The fraction of sp³-hybridized carbons (Fsp3) is 0.0667. The molecule has 0 radical (unpaired) electrons. The number of alkyl halides is 3. The van der Waals surface area contributed by atoms with Crippen LogP contribution in [0.4, 0.5) is 18.9 Å². The van der Waals surface area contributed by atoms with Gasteiger partial charge in [0.2, 0.25) is 0 Å². The molecule has 0 fully saturated rings. The van der Waals surface area contributed by atoms with Gasteiger partial charge in [-0.3, -0.25) is 10.1 Å². The smallest absolute Gasteiger partial charge is 0.332 e. The molecule has 0 aromatic heterocycles. The predicted octanol–water partition coefficient (Wildman–Crippen LogP) is 5.14. The second-order valence-electron chi connectivity index (χ2n) is 4.61. The maximum Gasteiger partial charge on any atom is 0.416 e. The number of nitrogens with one attached hydrogen (secondary N) is 2. The summed E-state index contributed by atoms with van der Waals surface area (Å²) in [5, 5.41) is 5.47. The van der Waals surface area contributed by atoms with Gasteiger partial charge in [-0.05, 0) is 54.7 Å². The molecule has 0 aliphatic rings. The Labute approximate surface area is 150 Å². The molecule has 2 rings (SSSR count). The number of amides is 1. The molecule has 1 amide bonds. The van der Waals surface area contributed by atoms with Crippen molar-refractivity contribution in [1.82, 2.24) is 5.32 Å². The molecular formula is C15H9Cl2F3N2OS. The second-order valence-corrected chi connectivity index (χ2v) is 5.83. The summed E-state index contributed by atoms with van der Waals surface area (Å²) in [6.07, 6.45) is -4.42. The molecule has 0 saturated carbocycles. The molecule has 2 aromatic rings. The Kier molecular flexibility index (Phi) is 5.69. The van der Waals surface area contributed by atoms with Gasteiger partial charge in [0.15, 0.2) is 5.11 Å². The van der Waals surface area contributed by atoms with Gasteiger partial charge < -0.3 is 5.32 Å². The van der Waals surface area contributed by atoms with Gasteiger partial charge in [0.25, 0.3) is 5.91 Å². The molecule has 0 aliphatic carbocycles. The summed E-state index contributed by atoms with van der Waals surface area (Å²) >= 11 is 16.5. The fourth-order valence-electron chi connectivity index (χ4n) is 1.72. The summed E-state index contributed by atoms with van der Waals surface area (Å²) in [4.78, 5) is 12.0. The third-order valence-electron chi connectivity index (χ3n) is 2.88. The zero-order valence-electron chi connectivity index (χ0n) is 11.7. The van der Waals surface area contributed by atoms with Gasteiger partial charge in [-0.15, -0.1) is 0 Å². The third kappa shape index (κ3) is 4.83. The second kappa shape index (κ2) is 7.38. The zero-order valence-corrected chi connectivity index (χ0v) is 14.1. The van der Waals surface area contributed by atoms with Gasteiger partial charge in [0.05, 0.1) is 15.6 Å². The molecule has 9 heteroatoms. The van der Waals surface area contributed by atoms with Crippen LogP contribution in [0, 0.1) is 0 Å². The largest absolute Gasteiger partial charge is 0.416 e. The number of hydrogen-bond donors (Lipinski definition) is 2. The molecule has 0 heterocycles. The van der Waals surface area contributed by atoms with E-state index >= 15 is 0 Å². The number of halogens is 5. The maximum atomic E-state index is 12.5. The minimum absolute atomic E-state index is 0.0640. The first-order valence-corrected chi connectivity index (χ1v) is 7.58. The molecule has 0 saturated heterocycles. The van der Waals surface area contributed by atoms with Gasteiger partial charge >= 0.3 is 6.18 Å². The third-order valence-corrected chi connectivity index (χ3v) is 3.82. The highest BCUT2D eigenvalue weighted by Crippen LogP contribution is 2.29. The monoisotopic (exact) mass is 392 g/mol. The van der Waals surface area contributed by atoms with Crippen LogP contribution >= 0.6 is 35.4 Å². The van der Waals surface area contributed by atoms with Crippen molar-refractivity contribution in [3.63, 3.8) is 0 Å². The summed E-state index contributed by atoms with van der Waals surface area (Å²) in [7, 11) is 0. The zero-order chi connectivity index (χ0) is 17.9. The van der Waals surface area contributed by atoms with Crippen molar-refractivity contribution in [3.8, 4) is 0 Å². The average Bonchev–Trinajstić information content (AvgIpc) is 2.49. The van der Waals surface area contributed by atoms with Crippen LogP contribution in [0.5, 0.6) is 0 Å². The standard InChI is InChI=1S/C15H9Cl2F3N2OS/c16-11-6-1-8(7-12(11)17)13(23)22-14(24)21-10-4-2-9(3-5-10)15(18,19)20/h1-7H,(H2,21,22,23,24). The molecular weight excluding hydrogens is 384 g/mol. The number of carbonyl (C=O) groups is 1. The first-order valence-electron chi connectivity index (χ1n) is 6.41. The van der Waals surface area contributed by atoms with E-state index in [-0.39, 0.29) is 15.7 Å². The number of carbonyl (C=O) groups excluding carboxylic acids is 1. The van der Waals surface area contributed by atoms with Gasteiger partial charge in [-0.1, -0.05) is 23.2 Å². The fourth-order valence-corrected chi connectivity index (χ4v) is 2.23. The Morgan fingerprint density at radius 3 is 2.17 bits per heavy atom. The summed E-state index contributed by atoms with van der Waals surface area (Å²) in [5.41, 5.74) is -0.234. The SMILES string of the molecule is O=C(NC(=S)Nc1ccc(C(F)(F)F)cc1)c1ccc(Cl)c(Cl)c1. The normalized spacial score (nSPS) is 11.0. The van der Waals surface area contributed by atoms with Gasteiger partial charge in [0.1, 0.15) is 0 Å². The highest BCUT2D eigenvalue weighted by molar-refractivity contribution is 7.80. The van der Waals surface area contributed by atoms with Crippen molar-refractivity contribution in [1.29, 1.82) is 0 Å². The Hall–Kier alpha value is -1.83. The maximum absolute atomic E-state index is 12.5. The molecule has 2 N–H and O–H groups in total. The number of hydrogen-bond acceptors (Lipinski definition) is 2. The highest BCUT2D eigenvalue weighted by Gasteiger charge is 2.29. The van der Waals surface area contributed by atoms with Crippen LogP contribution in [0.2, 0.25) is 10.0 Å². The van der Waals surface area contributed by atoms with Crippen molar-refractivity contribution in [2.75, 3.05) is 5.32 Å².